The van der Waals surface area contributed by atoms with Crippen LogP contribution in [0.3, 0.4) is 0 Å². The highest BCUT2D eigenvalue weighted by Gasteiger charge is 2.50. The molecule has 0 spiro atoms. The fourth-order valence-corrected chi connectivity index (χ4v) is 6.42. The lowest BCUT2D eigenvalue weighted by atomic mass is 9.60. The molecule has 158 valence electrons. The summed E-state index contributed by atoms with van der Waals surface area (Å²) in [4.78, 5) is 0. The van der Waals surface area contributed by atoms with Crippen molar-refractivity contribution in [1.82, 2.24) is 0 Å². The molecule has 0 saturated heterocycles. The fraction of sp³-hybridized carbons (Fsp3) is 0.760. The second-order valence-electron chi connectivity index (χ2n) is 9.87. The minimum atomic E-state index is -0.611. The summed E-state index contributed by atoms with van der Waals surface area (Å²) in [5, 5.41) is 29.3. The molecule has 3 saturated carbocycles. The van der Waals surface area contributed by atoms with Crippen LogP contribution in [0.25, 0.3) is 0 Å². The number of rotatable bonds is 6. The largest absolute Gasteiger partial charge is 0.396 e. The number of hydrogen-bond acceptors (Lipinski definition) is 3. The molecule has 3 aliphatic rings. The third kappa shape index (κ3) is 4.47. The van der Waals surface area contributed by atoms with E-state index in [0.717, 1.165) is 30.3 Å². The maximum atomic E-state index is 10.1. The Balaban J connectivity index is 1.70. The van der Waals surface area contributed by atoms with Crippen molar-refractivity contribution in [1.29, 1.82) is 0 Å². The number of hydrogen-bond donors (Lipinski definition) is 3. The lowest BCUT2D eigenvalue weighted by molar-refractivity contribution is 0.0925. The van der Waals surface area contributed by atoms with Crippen molar-refractivity contribution >= 4 is 0 Å². The Kier molecular flexibility index (Phi) is 7.22. The summed E-state index contributed by atoms with van der Waals surface area (Å²) in [5.74, 6) is 2.19. The zero-order chi connectivity index (χ0) is 20.3. The summed E-state index contributed by atoms with van der Waals surface area (Å²) >= 11 is 0. The van der Waals surface area contributed by atoms with Crippen molar-refractivity contribution in [2.45, 2.75) is 90.3 Å². The van der Waals surface area contributed by atoms with Gasteiger partial charge in [0.1, 0.15) is 0 Å². The molecule has 0 bridgehead atoms. The van der Waals surface area contributed by atoms with E-state index in [2.05, 4.69) is 32.6 Å². The van der Waals surface area contributed by atoms with Gasteiger partial charge in [0.15, 0.2) is 0 Å². The van der Waals surface area contributed by atoms with Crippen molar-refractivity contribution in [2.75, 3.05) is 6.61 Å². The second-order valence-corrected chi connectivity index (χ2v) is 9.87. The van der Waals surface area contributed by atoms with Crippen molar-refractivity contribution < 1.29 is 15.3 Å². The zero-order valence-corrected chi connectivity index (χ0v) is 17.9. The number of allylic oxidation sites excluding steroid dienone is 3. The quantitative estimate of drug-likeness (QED) is 0.447. The van der Waals surface area contributed by atoms with Gasteiger partial charge in [0.05, 0.1) is 12.2 Å². The van der Waals surface area contributed by atoms with Crippen LogP contribution in [0.15, 0.2) is 35.5 Å². The maximum absolute atomic E-state index is 10.1. The Labute approximate surface area is 171 Å². The van der Waals surface area contributed by atoms with Crippen LogP contribution in [-0.2, 0) is 0 Å². The molecule has 0 aromatic carbocycles. The minimum absolute atomic E-state index is 0.315. The van der Waals surface area contributed by atoms with Crippen molar-refractivity contribution in [2.24, 2.45) is 23.2 Å². The molecule has 0 aromatic heterocycles. The molecular weight excluding hydrogens is 348 g/mol. The van der Waals surface area contributed by atoms with Crippen LogP contribution in [0.1, 0.15) is 78.1 Å². The summed E-state index contributed by atoms with van der Waals surface area (Å²) < 4.78 is 0. The Morgan fingerprint density at radius 2 is 1.86 bits per heavy atom. The summed E-state index contributed by atoms with van der Waals surface area (Å²) in [6.07, 6.45) is 14.2. The third-order valence-electron chi connectivity index (χ3n) is 8.09. The van der Waals surface area contributed by atoms with E-state index in [1.54, 1.807) is 5.57 Å². The molecule has 3 aliphatic carbocycles. The maximum Gasteiger partial charge on any atom is 0.0809 e. The van der Waals surface area contributed by atoms with E-state index in [1.165, 1.54) is 38.5 Å². The number of aliphatic hydroxyl groups excluding tert-OH is 3. The van der Waals surface area contributed by atoms with Crippen molar-refractivity contribution in [3.8, 4) is 0 Å². The molecule has 0 heterocycles. The first-order valence-electron chi connectivity index (χ1n) is 11.4. The Bertz CT molecular complexity index is 603. The summed E-state index contributed by atoms with van der Waals surface area (Å²) in [7, 11) is 0. The van der Waals surface area contributed by atoms with Gasteiger partial charge in [0.25, 0.3) is 0 Å². The smallest absolute Gasteiger partial charge is 0.0809 e. The molecule has 3 nitrogen and oxygen atoms in total. The van der Waals surface area contributed by atoms with E-state index in [0.29, 0.717) is 36.4 Å². The number of aliphatic hydroxyl groups is 3. The van der Waals surface area contributed by atoms with Gasteiger partial charge in [-0.1, -0.05) is 56.6 Å². The Hall–Kier alpha value is -0.900. The van der Waals surface area contributed by atoms with Gasteiger partial charge in [-0.25, -0.2) is 0 Å². The highest BCUT2D eigenvalue weighted by Crippen LogP contribution is 2.59. The van der Waals surface area contributed by atoms with Gasteiger partial charge in [-0.05, 0) is 80.1 Å². The van der Waals surface area contributed by atoms with E-state index in [1.807, 2.05) is 0 Å². The molecule has 0 radical (unpaired) electrons. The molecule has 3 rings (SSSR count). The van der Waals surface area contributed by atoms with E-state index in [9.17, 15) is 10.2 Å². The first-order valence-corrected chi connectivity index (χ1v) is 11.4. The van der Waals surface area contributed by atoms with Gasteiger partial charge < -0.3 is 15.3 Å². The fourth-order valence-electron chi connectivity index (χ4n) is 6.42. The molecule has 3 heteroatoms. The van der Waals surface area contributed by atoms with Gasteiger partial charge in [0, 0.05) is 6.61 Å². The SMILES string of the molecule is C=C1[C@H](O)CC(=C/C=C2\CCC[C@]3(C)[C@@H]([C@H](C)CCCCO)CC[C@@H]23)C[C@H]1O. The van der Waals surface area contributed by atoms with Crippen LogP contribution < -0.4 is 0 Å². The molecule has 3 N–H and O–H groups in total. The Morgan fingerprint density at radius 3 is 2.54 bits per heavy atom. The Morgan fingerprint density at radius 1 is 1.14 bits per heavy atom. The number of unbranched alkanes of at least 4 members (excludes halogenated alkanes) is 1. The van der Waals surface area contributed by atoms with Gasteiger partial charge in [0.2, 0.25) is 0 Å². The highest BCUT2D eigenvalue weighted by molar-refractivity contribution is 5.29. The van der Waals surface area contributed by atoms with Crippen LogP contribution in [0.2, 0.25) is 0 Å². The molecular formula is C25H40O3. The van der Waals surface area contributed by atoms with Gasteiger partial charge in [-0.2, -0.15) is 0 Å². The molecule has 0 aliphatic heterocycles. The van der Waals surface area contributed by atoms with E-state index in [-0.39, 0.29) is 0 Å². The molecule has 0 unspecified atom stereocenters. The third-order valence-corrected chi connectivity index (χ3v) is 8.09. The van der Waals surface area contributed by atoms with E-state index in [4.69, 9.17) is 5.11 Å². The average Bonchev–Trinajstić information content (AvgIpc) is 3.02. The highest BCUT2D eigenvalue weighted by atomic mass is 16.3. The summed E-state index contributed by atoms with van der Waals surface area (Å²) in [6, 6.07) is 0. The van der Waals surface area contributed by atoms with Gasteiger partial charge in [-0.15, -0.1) is 0 Å². The molecule has 6 atom stereocenters. The zero-order valence-electron chi connectivity index (χ0n) is 17.9. The summed E-state index contributed by atoms with van der Waals surface area (Å²) in [5.41, 5.74) is 3.68. The van der Waals surface area contributed by atoms with Gasteiger partial charge >= 0.3 is 0 Å². The molecule has 0 amide bonds. The number of fused-ring (bicyclic) bond motifs is 1. The predicted molar refractivity (Wildman–Crippen MR) is 115 cm³/mol. The molecule has 3 fully saturated rings. The standard InChI is InChI=1S/C25H40O3/c1-17(7-4-5-14-26)21-11-12-22-20(8-6-13-25(21,22)3)10-9-19-15-23(27)18(2)24(28)16-19/h9-10,17,21-24,26-28H,2,4-8,11-16H2,1,3H3/b20-10+/t17-,21-,22+,23-,24-,25-/m1/s1. The van der Waals surface area contributed by atoms with Crippen molar-refractivity contribution in [3.05, 3.63) is 35.5 Å². The minimum Gasteiger partial charge on any atom is -0.396 e. The first-order chi connectivity index (χ1) is 13.4. The topological polar surface area (TPSA) is 60.7 Å². The van der Waals surface area contributed by atoms with Crippen LogP contribution >= 0.6 is 0 Å². The van der Waals surface area contributed by atoms with Gasteiger partial charge in [-0.3, -0.25) is 0 Å². The van der Waals surface area contributed by atoms with E-state index < -0.39 is 12.2 Å². The summed E-state index contributed by atoms with van der Waals surface area (Å²) in [6.45, 7) is 9.07. The van der Waals surface area contributed by atoms with Crippen LogP contribution in [-0.4, -0.2) is 34.1 Å². The monoisotopic (exact) mass is 388 g/mol. The molecule has 0 aromatic rings. The van der Waals surface area contributed by atoms with E-state index >= 15 is 0 Å². The van der Waals surface area contributed by atoms with Crippen LogP contribution in [0, 0.1) is 23.2 Å². The van der Waals surface area contributed by atoms with Crippen molar-refractivity contribution in [3.63, 3.8) is 0 Å². The normalized spacial score (nSPS) is 38.5. The first kappa shape index (κ1) is 21.8. The average molecular weight is 389 g/mol. The van der Waals surface area contributed by atoms with Crippen LogP contribution in [0.4, 0.5) is 0 Å². The molecule has 28 heavy (non-hydrogen) atoms. The lowest BCUT2D eigenvalue weighted by Gasteiger charge is -2.44. The second kappa shape index (κ2) is 9.28. The lowest BCUT2D eigenvalue weighted by Crippen LogP contribution is -2.36. The predicted octanol–water partition coefficient (Wildman–Crippen LogP) is 4.93. The van der Waals surface area contributed by atoms with Crippen LogP contribution in [0.5, 0.6) is 0 Å².